The smallest absolute Gasteiger partial charge is 0.128 e. The van der Waals surface area contributed by atoms with Gasteiger partial charge in [-0.1, -0.05) is 299 Å². The molecule has 0 aromatic heterocycles. The Bertz CT molecular complexity index is 5930. The van der Waals surface area contributed by atoms with E-state index in [1.165, 1.54) is 0 Å². The highest BCUT2D eigenvalue weighted by molar-refractivity contribution is 9.10. The van der Waals surface area contributed by atoms with E-state index in [0.717, 1.165) is 120 Å². The van der Waals surface area contributed by atoms with Crippen molar-refractivity contribution in [3.63, 3.8) is 0 Å². The third kappa shape index (κ3) is 25.6. The molecule has 18 aromatic carbocycles. The van der Waals surface area contributed by atoms with Crippen molar-refractivity contribution < 1.29 is 66.3 Å². The summed E-state index contributed by atoms with van der Waals surface area (Å²) in [5, 5.41) is 3.79. The van der Waals surface area contributed by atoms with Gasteiger partial charge in [0.2, 0.25) is 0 Å². The predicted molar refractivity (Wildman–Crippen MR) is 533 cm³/mol. The van der Waals surface area contributed by atoms with Crippen LogP contribution in [0, 0.1) is 0 Å². The molecule has 0 aliphatic carbocycles. The Kier molecular flexibility index (Phi) is 30.0. The van der Waals surface area contributed by atoms with Crippen LogP contribution < -0.4 is 66.3 Å². The summed E-state index contributed by atoms with van der Waals surface area (Å²) in [5.41, 5.74) is 14.7. The van der Waals surface area contributed by atoms with E-state index in [-0.39, 0.29) is 39.6 Å². The summed E-state index contributed by atoms with van der Waals surface area (Å²) in [6, 6.07) is 137. The summed E-state index contributed by atoms with van der Waals surface area (Å²) in [4.78, 5) is 0. The van der Waals surface area contributed by atoms with Gasteiger partial charge in [-0.2, -0.15) is 0 Å². The summed E-state index contributed by atoms with van der Waals surface area (Å²) >= 11 is 7.66. The third-order valence-electron chi connectivity index (χ3n) is 22.2. The van der Waals surface area contributed by atoms with E-state index in [9.17, 15) is 0 Å². The zero-order chi connectivity index (χ0) is 90.7. The highest BCUT2D eigenvalue weighted by atomic mass is 79.9. The molecule has 0 bridgehead atoms. The molecule has 0 radical (unpaired) electrons. The summed E-state index contributed by atoms with van der Waals surface area (Å²) in [5.74, 6) is 8.40. The number of rotatable bonds is 43. The lowest BCUT2D eigenvalue weighted by molar-refractivity contribution is 0.272. The van der Waals surface area contributed by atoms with Crippen molar-refractivity contribution in [1.29, 1.82) is 0 Å². The van der Waals surface area contributed by atoms with Crippen LogP contribution in [0.25, 0.3) is 32.7 Å². The molecule has 0 saturated carbocycles. The van der Waals surface area contributed by atoms with Gasteiger partial charge in [-0.25, -0.2) is 0 Å². The summed E-state index contributed by atoms with van der Waals surface area (Å²) < 4.78 is 96.3. The van der Waals surface area contributed by atoms with E-state index in [1.54, 1.807) is 0 Å². The molecule has 0 unspecified atom stereocenters. The Morgan fingerprint density at radius 1 is 0.134 bits per heavy atom. The Balaban J connectivity index is 0.680. The Hall–Kier alpha value is -15.4. The zero-order valence-corrected chi connectivity index (χ0v) is 76.8. The quantitative estimate of drug-likeness (QED) is 0.0359. The van der Waals surface area contributed by atoms with E-state index in [2.05, 4.69) is 80.4 Å². The minimum absolute atomic E-state index is 0.0747. The second kappa shape index (κ2) is 45.0. The minimum atomic E-state index is 0.0747. The average molecular weight is 1900 g/mol. The molecule has 16 heteroatoms. The van der Waals surface area contributed by atoms with Crippen LogP contribution in [0.3, 0.4) is 0 Å². The molecule has 0 heterocycles. The molecule has 0 spiro atoms. The first kappa shape index (κ1) is 89.2. The fourth-order valence-electron chi connectivity index (χ4n) is 15.5. The molecule has 134 heavy (non-hydrogen) atoms. The van der Waals surface area contributed by atoms with E-state index in [1.807, 2.05) is 364 Å². The highest BCUT2D eigenvalue weighted by Gasteiger charge is 2.23. The largest absolute Gasteiger partial charge is 0.489 e. The fourth-order valence-corrected chi connectivity index (χ4v) is 16.3. The lowest BCUT2D eigenvalue weighted by Crippen LogP contribution is -2.04. The number of hydrogen-bond donors (Lipinski definition) is 0. The predicted octanol–water partition coefficient (Wildman–Crippen LogP) is 29.3. The normalized spacial score (nSPS) is 11.0. The molecule has 0 aliphatic heterocycles. The molecule has 0 fully saturated rings. The molecule has 0 amide bonds. The maximum Gasteiger partial charge on any atom is 0.128 e. The van der Waals surface area contributed by atoms with E-state index in [0.29, 0.717) is 133 Å². The van der Waals surface area contributed by atoms with E-state index in [4.69, 9.17) is 66.3 Å². The fraction of sp³-hybridized carbons (Fsp3) is 0.119. The van der Waals surface area contributed by atoms with Gasteiger partial charge in [0.05, 0.1) is 0 Å². The van der Waals surface area contributed by atoms with Gasteiger partial charge in [0.1, 0.15) is 173 Å². The van der Waals surface area contributed by atoms with Gasteiger partial charge in [0.25, 0.3) is 0 Å². The van der Waals surface area contributed by atoms with Crippen LogP contribution in [0.15, 0.2) is 421 Å². The van der Waals surface area contributed by atoms with Crippen molar-refractivity contribution >= 4 is 53.4 Å². The molecule has 0 aliphatic rings. The van der Waals surface area contributed by atoms with Gasteiger partial charge in [0.15, 0.2) is 0 Å². The van der Waals surface area contributed by atoms with Crippen molar-refractivity contribution in [3.05, 3.63) is 499 Å². The summed E-state index contributed by atoms with van der Waals surface area (Å²) in [6.07, 6.45) is 0. The highest BCUT2D eigenvalue weighted by Crippen LogP contribution is 2.48. The maximum atomic E-state index is 7.36. The van der Waals surface area contributed by atoms with Crippen molar-refractivity contribution in [2.24, 2.45) is 0 Å². The Morgan fingerprint density at radius 3 is 0.463 bits per heavy atom. The molecule has 0 atom stereocenters. The lowest BCUT2D eigenvalue weighted by atomic mass is 9.92. The van der Waals surface area contributed by atoms with Gasteiger partial charge in [-0.05, 0) is 209 Å². The van der Waals surface area contributed by atoms with Gasteiger partial charge < -0.3 is 66.3 Å². The van der Waals surface area contributed by atoms with Crippen LogP contribution in [-0.2, 0) is 92.5 Å². The van der Waals surface area contributed by atoms with Gasteiger partial charge in [-0.3, -0.25) is 0 Å². The number of ether oxygens (including phenoxy) is 14. The van der Waals surface area contributed by atoms with Crippen molar-refractivity contribution in [3.8, 4) is 91.6 Å². The number of hydrogen-bond acceptors (Lipinski definition) is 14. The monoisotopic (exact) mass is 1890 g/mol. The second-order valence-electron chi connectivity index (χ2n) is 32.4. The van der Waals surface area contributed by atoms with Crippen LogP contribution in [0.1, 0.15) is 77.9 Å². The molecule has 666 valence electrons. The summed E-state index contributed by atoms with van der Waals surface area (Å²) in [7, 11) is 0. The second-order valence-corrected chi connectivity index (χ2v) is 34.2. The molecular weight excluding hydrogens is 1800 g/mol. The summed E-state index contributed by atoms with van der Waals surface area (Å²) in [6.45, 7) is 3.60. The van der Waals surface area contributed by atoms with Crippen LogP contribution in [0.5, 0.6) is 80.5 Å². The van der Waals surface area contributed by atoms with Crippen molar-refractivity contribution in [2.45, 2.75) is 92.5 Å². The minimum Gasteiger partial charge on any atom is -0.489 e. The van der Waals surface area contributed by atoms with Crippen LogP contribution in [0.4, 0.5) is 0 Å². The lowest BCUT2D eigenvalue weighted by Gasteiger charge is -2.21. The Labute approximate surface area is 797 Å². The first-order valence-electron chi connectivity index (χ1n) is 44.5. The van der Waals surface area contributed by atoms with Gasteiger partial charge in [-0.15, -0.1) is 0 Å². The van der Waals surface area contributed by atoms with E-state index >= 15 is 0 Å². The molecular formula is C118H96Br2O14. The van der Waals surface area contributed by atoms with Crippen molar-refractivity contribution in [1.82, 2.24) is 0 Å². The SMILES string of the molecule is Brc1ccc2c(-c3c(OCc4cc(OCc5cc(OCc6ccccc6)cc(OCc6ccccc6)c5)cc(OCc5cc(OCc6ccccc6)cc(OCc6ccccc6)c5)c4)ccc4cc(Br)ccc34)c(OCc3cc(OCc4cc(OCc5ccccc5)cc(OCc5ccccc5)c4)cc(OCc4cc(OCc5ccccc5)cc(OCc5ccccc5)c4)c3)ccc2c1. The molecule has 18 rings (SSSR count). The zero-order valence-electron chi connectivity index (χ0n) is 73.6. The van der Waals surface area contributed by atoms with Crippen LogP contribution in [0.2, 0.25) is 0 Å². The molecule has 0 saturated heterocycles. The first-order chi connectivity index (χ1) is 66.0. The van der Waals surface area contributed by atoms with Crippen LogP contribution in [-0.4, -0.2) is 0 Å². The van der Waals surface area contributed by atoms with Gasteiger partial charge >= 0.3 is 0 Å². The Morgan fingerprint density at radius 2 is 0.291 bits per heavy atom. The average Bonchev–Trinajstić information content (AvgIpc) is 0.746. The van der Waals surface area contributed by atoms with Crippen molar-refractivity contribution in [2.75, 3.05) is 0 Å². The third-order valence-corrected chi connectivity index (χ3v) is 23.2. The van der Waals surface area contributed by atoms with Crippen LogP contribution >= 0.6 is 31.9 Å². The van der Waals surface area contributed by atoms with Gasteiger partial charge in [0, 0.05) is 56.5 Å². The number of fused-ring (bicyclic) bond motifs is 2. The maximum absolute atomic E-state index is 7.36. The molecule has 0 N–H and O–H groups in total. The number of halogens is 2. The molecule has 14 nitrogen and oxygen atoms in total. The van der Waals surface area contributed by atoms with E-state index < -0.39 is 0 Å². The topological polar surface area (TPSA) is 129 Å². The standard InChI is InChI=1S/C118H96Br2O14/c119-99-43-45-113-97(61-99)41-47-115(133-81-95-57-109(129-77-91-49-101(121-69-83-25-9-1-10-26-83)63-102(50-91)122-70-84-27-11-2-12-28-84)67-110(58-95)130-78-92-51-103(123-71-85-29-13-3-14-30-85)64-104(52-92)124-72-86-31-15-4-16-32-86)117(113)118-114-46-44-100(120)62-98(114)42-48-116(118)134-82-96-59-111(131-79-93-53-105(125-73-87-33-17-5-18-34-87)65-106(54-93)126-74-88-35-19-6-20-36-88)68-112(60-96)132-80-94-55-107(127-75-89-37-21-7-22-38-89)66-108(56-94)128-76-90-39-23-8-24-40-90/h1-68H,69-82H2. The number of benzene rings is 18. The first-order valence-corrected chi connectivity index (χ1v) is 46.0. The molecule has 18 aromatic rings.